The molecule has 102 valence electrons. The lowest BCUT2D eigenvalue weighted by atomic mass is 10.1. The van der Waals surface area contributed by atoms with Crippen molar-refractivity contribution in [3.05, 3.63) is 60.2 Å². The van der Waals surface area contributed by atoms with Gasteiger partial charge in [-0.2, -0.15) is 5.10 Å². The van der Waals surface area contributed by atoms with E-state index >= 15 is 0 Å². The van der Waals surface area contributed by atoms with Crippen molar-refractivity contribution in [3.8, 4) is 11.3 Å². The van der Waals surface area contributed by atoms with Gasteiger partial charge in [-0.1, -0.05) is 12.1 Å². The standard InChI is InChI=1S/C16H17N3O/c1-11-6-7-16(20-11)12(2)18-14-5-3-4-13(10-14)15-8-9-17-19-15/h3-10,12,18H,1-2H3,(H,17,19). The predicted molar refractivity (Wildman–Crippen MR) is 79.5 cm³/mol. The molecule has 1 aromatic carbocycles. The molecule has 0 aliphatic rings. The maximum absolute atomic E-state index is 5.64. The Bertz CT molecular complexity index is 685. The van der Waals surface area contributed by atoms with E-state index in [2.05, 4.69) is 34.6 Å². The van der Waals surface area contributed by atoms with E-state index in [4.69, 9.17) is 4.42 Å². The molecule has 0 fully saturated rings. The topological polar surface area (TPSA) is 53.9 Å². The lowest BCUT2D eigenvalue weighted by Crippen LogP contribution is -2.05. The van der Waals surface area contributed by atoms with Crippen LogP contribution >= 0.6 is 0 Å². The molecule has 3 rings (SSSR count). The highest BCUT2D eigenvalue weighted by Crippen LogP contribution is 2.24. The van der Waals surface area contributed by atoms with E-state index in [0.717, 1.165) is 28.5 Å². The molecule has 20 heavy (non-hydrogen) atoms. The molecule has 0 saturated heterocycles. The van der Waals surface area contributed by atoms with E-state index in [1.807, 2.05) is 37.3 Å². The number of nitrogens with one attached hydrogen (secondary N) is 2. The number of rotatable bonds is 4. The molecule has 2 N–H and O–H groups in total. The summed E-state index contributed by atoms with van der Waals surface area (Å²) >= 11 is 0. The van der Waals surface area contributed by atoms with E-state index in [0.29, 0.717) is 0 Å². The maximum atomic E-state index is 5.64. The SMILES string of the molecule is Cc1ccc(C(C)Nc2cccc(-c3ccn[nH]3)c2)o1. The van der Waals surface area contributed by atoms with Gasteiger partial charge in [-0.05, 0) is 44.2 Å². The molecule has 1 atom stereocenters. The molecule has 0 spiro atoms. The Morgan fingerprint density at radius 2 is 2.10 bits per heavy atom. The zero-order valence-electron chi connectivity index (χ0n) is 11.6. The van der Waals surface area contributed by atoms with Crippen molar-refractivity contribution >= 4 is 5.69 Å². The molecule has 3 aromatic rings. The minimum Gasteiger partial charge on any atom is -0.464 e. The van der Waals surface area contributed by atoms with Gasteiger partial charge in [0.15, 0.2) is 0 Å². The van der Waals surface area contributed by atoms with Crippen molar-refractivity contribution in [3.63, 3.8) is 0 Å². The van der Waals surface area contributed by atoms with Gasteiger partial charge in [0.25, 0.3) is 0 Å². The normalized spacial score (nSPS) is 12.3. The van der Waals surface area contributed by atoms with E-state index in [9.17, 15) is 0 Å². The molecule has 0 bridgehead atoms. The highest BCUT2D eigenvalue weighted by atomic mass is 16.3. The first-order valence-electron chi connectivity index (χ1n) is 6.65. The predicted octanol–water partition coefficient (Wildman–Crippen LogP) is 4.15. The molecule has 0 amide bonds. The number of H-pyrrole nitrogens is 1. The van der Waals surface area contributed by atoms with Gasteiger partial charge in [-0.25, -0.2) is 0 Å². The van der Waals surface area contributed by atoms with Gasteiger partial charge in [0, 0.05) is 17.4 Å². The van der Waals surface area contributed by atoms with Crippen molar-refractivity contribution in [2.75, 3.05) is 5.32 Å². The maximum Gasteiger partial charge on any atom is 0.126 e. The minimum atomic E-state index is 0.126. The van der Waals surface area contributed by atoms with Crippen LogP contribution in [0.15, 0.2) is 53.1 Å². The second-order valence-electron chi connectivity index (χ2n) is 4.87. The van der Waals surface area contributed by atoms with Crippen LogP contribution in [0.3, 0.4) is 0 Å². The number of aromatic amines is 1. The molecule has 0 aliphatic heterocycles. The fourth-order valence-corrected chi connectivity index (χ4v) is 2.20. The molecular formula is C16H17N3O. The van der Waals surface area contributed by atoms with Crippen molar-refractivity contribution < 1.29 is 4.42 Å². The number of furan rings is 1. The zero-order chi connectivity index (χ0) is 13.9. The summed E-state index contributed by atoms with van der Waals surface area (Å²) in [4.78, 5) is 0. The number of hydrogen-bond donors (Lipinski definition) is 2. The summed E-state index contributed by atoms with van der Waals surface area (Å²) in [6.07, 6.45) is 1.75. The number of anilines is 1. The molecule has 0 saturated carbocycles. The van der Waals surface area contributed by atoms with Crippen molar-refractivity contribution in [2.24, 2.45) is 0 Å². The van der Waals surface area contributed by atoms with Gasteiger partial charge in [0.1, 0.15) is 11.5 Å². The Kier molecular flexibility index (Phi) is 3.29. The molecule has 2 aromatic heterocycles. The average Bonchev–Trinajstić information content (AvgIpc) is 3.10. The lowest BCUT2D eigenvalue weighted by Gasteiger charge is -2.13. The van der Waals surface area contributed by atoms with Gasteiger partial charge in [-0.3, -0.25) is 5.10 Å². The Balaban J connectivity index is 1.79. The summed E-state index contributed by atoms with van der Waals surface area (Å²) in [5.74, 6) is 1.87. The first-order valence-corrected chi connectivity index (χ1v) is 6.65. The molecule has 0 radical (unpaired) electrons. The second kappa shape index (κ2) is 5.25. The van der Waals surface area contributed by atoms with Gasteiger partial charge in [-0.15, -0.1) is 0 Å². The van der Waals surface area contributed by atoms with Crippen LogP contribution < -0.4 is 5.32 Å². The van der Waals surface area contributed by atoms with Gasteiger partial charge < -0.3 is 9.73 Å². The Morgan fingerprint density at radius 1 is 1.20 bits per heavy atom. The number of benzene rings is 1. The van der Waals surface area contributed by atoms with Crippen LogP contribution in [0.4, 0.5) is 5.69 Å². The van der Waals surface area contributed by atoms with E-state index in [1.165, 1.54) is 0 Å². The van der Waals surface area contributed by atoms with Gasteiger partial charge in [0.2, 0.25) is 0 Å². The van der Waals surface area contributed by atoms with Gasteiger partial charge >= 0.3 is 0 Å². The second-order valence-corrected chi connectivity index (χ2v) is 4.87. The van der Waals surface area contributed by atoms with Crippen molar-refractivity contribution in [2.45, 2.75) is 19.9 Å². The third-order valence-corrected chi connectivity index (χ3v) is 3.25. The highest BCUT2D eigenvalue weighted by Gasteiger charge is 2.09. The smallest absolute Gasteiger partial charge is 0.126 e. The van der Waals surface area contributed by atoms with Crippen LogP contribution in [-0.4, -0.2) is 10.2 Å². The number of hydrogen-bond acceptors (Lipinski definition) is 3. The van der Waals surface area contributed by atoms with Crippen molar-refractivity contribution in [1.82, 2.24) is 10.2 Å². The molecular weight excluding hydrogens is 250 g/mol. The summed E-state index contributed by atoms with van der Waals surface area (Å²) in [5.41, 5.74) is 3.17. The van der Waals surface area contributed by atoms with Crippen LogP contribution in [0.25, 0.3) is 11.3 Å². The zero-order valence-corrected chi connectivity index (χ0v) is 11.6. The Hall–Kier alpha value is -2.49. The highest BCUT2D eigenvalue weighted by molar-refractivity contribution is 5.64. The molecule has 4 nitrogen and oxygen atoms in total. The van der Waals surface area contributed by atoms with Crippen LogP contribution in [0, 0.1) is 6.92 Å². The number of aromatic nitrogens is 2. The Morgan fingerprint density at radius 3 is 2.80 bits per heavy atom. The first-order chi connectivity index (χ1) is 9.72. The lowest BCUT2D eigenvalue weighted by molar-refractivity contribution is 0.467. The van der Waals surface area contributed by atoms with Gasteiger partial charge in [0.05, 0.1) is 11.7 Å². The number of nitrogens with zero attached hydrogens (tertiary/aromatic N) is 1. The average molecular weight is 267 g/mol. The summed E-state index contributed by atoms with van der Waals surface area (Å²) in [6.45, 7) is 4.04. The summed E-state index contributed by atoms with van der Waals surface area (Å²) < 4.78 is 5.64. The fraction of sp³-hybridized carbons (Fsp3) is 0.188. The molecule has 2 heterocycles. The van der Waals surface area contributed by atoms with E-state index in [-0.39, 0.29) is 6.04 Å². The van der Waals surface area contributed by atoms with E-state index in [1.54, 1.807) is 6.20 Å². The molecule has 1 unspecified atom stereocenters. The molecule has 0 aliphatic carbocycles. The van der Waals surface area contributed by atoms with Crippen LogP contribution in [0.5, 0.6) is 0 Å². The summed E-state index contributed by atoms with van der Waals surface area (Å²) in [6, 6.07) is 14.3. The first kappa shape index (κ1) is 12.5. The van der Waals surface area contributed by atoms with Crippen LogP contribution in [0.2, 0.25) is 0 Å². The molecule has 4 heteroatoms. The summed E-state index contributed by atoms with van der Waals surface area (Å²) in [7, 11) is 0. The third kappa shape index (κ3) is 2.59. The monoisotopic (exact) mass is 267 g/mol. The largest absolute Gasteiger partial charge is 0.464 e. The third-order valence-electron chi connectivity index (χ3n) is 3.25. The Labute approximate surface area is 117 Å². The fourth-order valence-electron chi connectivity index (χ4n) is 2.20. The van der Waals surface area contributed by atoms with Crippen LogP contribution in [0.1, 0.15) is 24.5 Å². The minimum absolute atomic E-state index is 0.126. The summed E-state index contributed by atoms with van der Waals surface area (Å²) in [5, 5.41) is 10.4. The quantitative estimate of drug-likeness (QED) is 0.746. The number of aryl methyl sites for hydroxylation is 1. The van der Waals surface area contributed by atoms with Crippen molar-refractivity contribution in [1.29, 1.82) is 0 Å². The van der Waals surface area contributed by atoms with E-state index < -0.39 is 0 Å². The van der Waals surface area contributed by atoms with Crippen LogP contribution in [-0.2, 0) is 0 Å².